The van der Waals surface area contributed by atoms with Crippen molar-refractivity contribution in [3.63, 3.8) is 0 Å². The molecule has 0 aromatic carbocycles. The lowest BCUT2D eigenvalue weighted by atomic mass is 10.2. The predicted molar refractivity (Wildman–Crippen MR) is 41.6 cm³/mol. The van der Waals surface area contributed by atoms with Crippen molar-refractivity contribution < 1.29 is 18.7 Å². The molecule has 0 spiro atoms. The third-order valence-corrected chi connectivity index (χ3v) is 2.55. The van der Waals surface area contributed by atoms with Crippen LogP contribution in [-0.4, -0.2) is 24.0 Å². The number of allylic oxidation sites excluding steroid dienone is 2. The Morgan fingerprint density at radius 1 is 1.77 bits per heavy atom. The average molecular weight is 184 g/mol. The summed E-state index contributed by atoms with van der Waals surface area (Å²) in [6.45, 7) is 1.75. The minimum atomic E-state index is -2.05. The number of carbonyl (C=O) groups is 2. The second-order valence-electron chi connectivity index (χ2n) is 3.25. The van der Waals surface area contributed by atoms with E-state index in [9.17, 15) is 14.0 Å². The normalized spacial score (nSPS) is 40.3. The molecule has 0 bridgehead atoms. The summed E-state index contributed by atoms with van der Waals surface area (Å²) in [5, 5.41) is 0. The molecule has 0 saturated heterocycles. The Hall–Kier alpha value is -1.19. The van der Waals surface area contributed by atoms with Gasteiger partial charge in [-0.05, 0) is 13.0 Å². The molecule has 0 radical (unpaired) electrons. The number of rotatable bonds is 2. The SMILES string of the molecule is CCOC(=O)[C@@]1(F)[C@@H]2C(=O)C=C[C@@H]21. The van der Waals surface area contributed by atoms with Gasteiger partial charge in [-0.2, -0.15) is 0 Å². The van der Waals surface area contributed by atoms with E-state index in [1.54, 1.807) is 6.92 Å². The van der Waals surface area contributed by atoms with Crippen LogP contribution in [0.3, 0.4) is 0 Å². The van der Waals surface area contributed by atoms with Crippen molar-refractivity contribution in [2.45, 2.75) is 12.6 Å². The van der Waals surface area contributed by atoms with Crippen LogP contribution in [0.4, 0.5) is 4.39 Å². The van der Waals surface area contributed by atoms with E-state index in [-0.39, 0.29) is 12.4 Å². The van der Waals surface area contributed by atoms with Gasteiger partial charge in [-0.25, -0.2) is 9.18 Å². The van der Waals surface area contributed by atoms with Crippen molar-refractivity contribution in [3.05, 3.63) is 12.2 Å². The van der Waals surface area contributed by atoms with Crippen molar-refractivity contribution >= 4 is 11.8 Å². The van der Waals surface area contributed by atoms with E-state index in [0.717, 1.165) is 0 Å². The molecule has 2 rings (SSSR count). The molecule has 0 unspecified atom stereocenters. The Kier molecular flexibility index (Phi) is 1.55. The number of hydrogen-bond acceptors (Lipinski definition) is 3. The van der Waals surface area contributed by atoms with Crippen LogP contribution < -0.4 is 0 Å². The average Bonchev–Trinajstić information content (AvgIpc) is 2.47. The summed E-state index contributed by atoms with van der Waals surface area (Å²) in [7, 11) is 0. The molecule has 0 aliphatic heterocycles. The molecule has 2 aliphatic rings. The van der Waals surface area contributed by atoms with E-state index in [2.05, 4.69) is 4.74 Å². The molecule has 1 saturated carbocycles. The first-order valence-corrected chi connectivity index (χ1v) is 4.20. The maximum absolute atomic E-state index is 13.7. The smallest absolute Gasteiger partial charge is 0.345 e. The van der Waals surface area contributed by atoms with Crippen molar-refractivity contribution in [2.24, 2.45) is 11.8 Å². The molecule has 0 aromatic rings. The quantitative estimate of drug-likeness (QED) is 0.591. The Balaban J connectivity index is 2.14. The highest BCUT2D eigenvalue weighted by Crippen LogP contribution is 2.59. The molecular formula is C9H9FO3. The summed E-state index contributed by atoms with van der Waals surface area (Å²) >= 11 is 0. The topological polar surface area (TPSA) is 43.4 Å². The van der Waals surface area contributed by atoms with Crippen LogP contribution in [0, 0.1) is 11.8 Å². The lowest BCUT2D eigenvalue weighted by Crippen LogP contribution is -2.26. The first-order chi connectivity index (χ1) is 6.12. The van der Waals surface area contributed by atoms with Crippen LogP contribution in [0.15, 0.2) is 12.2 Å². The van der Waals surface area contributed by atoms with E-state index >= 15 is 0 Å². The van der Waals surface area contributed by atoms with Gasteiger partial charge in [0.15, 0.2) is 5.78 Å². The highest BCUT2D eigenvalue weighted by molar-refractivity contribution is 6.06. The summed E-state index contributed by atoms with van der Waals surface area (Å²) in [5.74, 6) is -2.58. The first-order valence-electron chi connectivity index (χ1n) is 4.20. The van der Waals surface area contributed by atoms with Crippen molar-refractivity contribution in [2.75, 3.05) is 6.61 Å². The molecule has 13 heavy (non-hydrogen) atoms. The molecular weight excluding hydrogens is 175 g/mol. The fraction of sp³-hybridized carbons (Fsp3) is 0.556. The van der Waals surface area contributed by atoms with Crippen LogP contribution >= 0.6 is 0 Å². The van der Waals surface area contributed by atoms with E-state index in [1.807, 2.05) is 0 Å². The van der Waals surface area contributed by atoms with Gasteiger partial charge < -0.3 is 4.74 Å². The Bertz CT molecular complexity index is 310. The summed E-state index contributed by atoms with van der Waals surface area (Å²) in [6.07, 6.45) is 2.77. The van der Waals surface area contributed by atoms with Crippen LogP contribution in [-0.2, 0) is 14.3 Å². The Labute approximate surface area is 74.6 Å². The molecule has 70 valence electrons. The van der Waals surface area contributed by atoms with Gasteiger partial charge in [0.25, 0.3) is 0 Å². The van der Waals surface area contributed by atoms with Crippen molar-refractivity contribution in [3.8, 4) is 0 Å². The third-order valence-electron chi connectivity index (χ3n) is 2.55. The molecule has 0 amide bonds. The van der Waals surface area contributed by atoms with E-state index < -0.39 is 23.5 Å². The van der Waals surface area contributed by atoms with E-state index in [0.29, 0.717) is 0 Å². The second-order valence-corrected chi connectivity index (χ2v) is 3.25. The number of alkyl halides is 1. The molecule has 4 heteroatoms. The molecule has 3 atom stereocenters. The minimum absolute atomic E-state index is 0.141. The van der Waals surface area contributed by atoms with Gasteiger partial charge in [0, 0.05) is 5.92 Å². The number of ether oxygens (including phenoxy) is 1. The zero-order valence-corrected chi connectivity index (χ0v) is 7.12. The second kappa shape index (κ2) is 2.40. The van der Waals surface area contributed by atoms with Crippen LogP contribution in [0.1, 0.15) is 6.92 Å². The third kappa shape index (κ3) is 0.884. The number of halogens is 1. The minimum Gasteiger partial charge on any atom is -0.464 e. The maximum atomic E-state index is 13.7. The Morgan fingerprint density at radius 2 is 2.46 bits per heavy atom. The zero-order valence-electron chi connectivity index (χ0n) is 7.12. The maximum Gasteiger partial charge on any atom is 0.345 e. The fourth-order valence-electron chi connectivity index (χ4n) is 1.82. The van der Waals surface area contributed by atoms with Gasteiger partial charge in [0.1, 0.15) is 0 Å². The number of esters is 1. The Morgan fingerprint density at radius 3 is 2.92 bits per heavy atom. The number of hydrogen-bond donors (Lipinski definition) is 0. The van der Waals surface area contributed by atoms with Crippen LogP contribution in [0.25, 0.3) is 0 Å². The molecule has 0 N–H and O–H groups in total. The number of ketones is 1. The van der Waals surface area contributed by atoms with Crippen LogP contribution in [0.2, 0.25) is 0 Å². The first kappa shape index (κ1) is 8.41. The van der Waals surface area contributed by atoms with Crippen LogP contribution in [0.5, 0.6) is 0 Å². The van der Waals surface area contributed by atoms with Gasteiger partial charge in [-0.1, -0.05) is 6.08 Å². The molecule has 0 heterocycles. The predicted octanol–water partition coefficient (Wildman–Crippen LogP) is 0.643. The van der Waals surface area contributed by atoms with Gasteiger partial charge in [0.2, 0.25) is 5.67 Å². The molecule has 2 aliphatic carbocycles. The molecule has 0 aromatic heterocycles. The summed E-state index contributed by atoms with van der Waals surface area (Å²) < 4.78 is 18.2. The zero-order chi connectivity index (χ0) is 9.64. The number of carbonyl (C=O) groups excluding carboxylic acids is 2. The molecule has 3 nitrogen and oxygen atoms in total. The van der Waals surface area contributed by atoms with E-state index in [1.165, 1.54) is 12.2 Å². The van der Waals surface area contributed by atoms with Gasteiger partial charge in [-0.3, -0.25) is 4.79 Å². The monoisotopic (exact) mass is 184 g/mol. The lowest BCUT2D eigenvalue weighted by Gasteiger charge is -2.06. The fourth-order valence-corrected chi connectivity index (χ4v) is 1.82. The van der Waals surface area contributed by atoms with Crippen molar-refractivity contribution in [1.82, 2.24) is 0 Å². The van der Waals surface area contributed by atoms with Gasteiger partial charge in [0.05, 0.1) is 12.5 Å². The van der Waals surface area contributed by atoms with E-state index in [4.69, 9.17) is 0 Å². The highest BCUT2D eigenvalue weighted by atomic mass is 19.1. The number of fused-ring (bicyclic) bond motifs is 1. The highest BCUT2D eigenvalue weighted by Gasteiger charge is 2.75. The van der Waals surface area contributed by atoms with Gasteiger partial charge >= 0.3 is 5.97 Å². The molecule has 1 fully saturated rings. The van der Waals surface area contributed by atoms with Crippen molar-refractivity contribution in [1.29, 1.82) is 0 Å². The summed E-state index contributed by atoms with van der Waals surface area (Å²) in [6, 6.07) is 0. The van der Waals surface area contributed by atoms with Gasteiger partial charge in [-0.15, -0.1) is 0 Å². The largest absolute Gasteiger partial charge is 0.464 e. The standard InChI is InChI=1S/C9H9FO3/c1-2-13-8(12)9(10)5-3-4-6(11)7(5)9/h3-5,7H,2H2,1H3/t5-,7-,9-/m0/s1. The lowest BCUT2D eigenvalue weighted by molar-refractivity contribution is -0.152. The summed E-state index contributed by atoms with van der Waals surface area (Å²) in [5.41, 5.74) is -2.05. The summed E-state index contributed by atoms with van der Waals surface area (Å²) in [4.78, 5) is 22.1.